The lowest BCUT2D eigenvalue weighted by atomic mass is 9.92. The summed E-state index contributed by atoms with van der Waals surface area (Å²) in [6.07, 6.45) is 3.78. The SMILES string of the molecule is Cc1noc(C)c1CN1CCN(c2nccn3nc(C(C)(C)C)cc23)CC1. The molecular weight excluding hydrogens is 340 g/mol. The minimum atomic E-state index is 0.0241. The number of fused-ring (bicyclic) bond motifs is 1. The number of nitrogens with zero attached hydrogens (tertiary/aromatic N) is 6. The number of aryl methyl sites for hydroxylation is 2. The van der Waals surface area contributed by atoms with Crippen molar-refractivity contribution in [3.63, 3.8) is 0 Å². The molecule has 0 unspecified atom stereocenters. The summed E-state index contributed by atoms with van der Waals surface area (Å²) in [5, 5.41) is 8.81. The predicted molar refractivity (Wildman–Crippen MR) is 105 cm³/mol. The number of hydrogen-bond donors (Lipinski definition) is 0. The van der Waals surface area contributed by atoms with Gasteiger partial charge in [-0.25, -0.2) is 9.50 Å². The van der Waals surface area contributed by atoms with Crippen LogP contribution in [0.2, 0.25) is 0 Å². The van der Waals surface area contributed by atoms with E-state index in [2.05, 4.69) is 46.8 Å². The lowest BCUT2D eigenvalue weighted by Crippen LogP contribution is -2.46. The fourth-order valence-corrected chi connectivity index (χ4v) is 3.59. The molecule has 7 heteroatoms. The third kappa shape index (κ3) is 3.43. The third-order valence-corrected chi connectivity index (χ3v) is 5.37. The normalized spacial score (nSPS) is 16.4. The van der Waals surface area contributed by atoms with E-state index in [0.29, 0.717) is 0 Å². The van der Waals surface area contributed by atoms with Crippen LogP contribution in [0.15, 0.2) is 23.0 Å². The van der Waals surface area contributed by atoms with Gasteiger partial charge in [0.05, 0.1) is 11.4 Å². The minimum Gasteiger partial charge on any atom is -0.361 e. The van der Waals surface area contributed by atoms with Gasteiger partial charge in [0.2, 0.25) is 0 Å². The molecule has 7 nitrogen and oxygen atoms in total. The Morgan fingerprint density at radius 1 is 1.11 bits per heavy atom. The first-order chi connectivity index (χ1) is 12.8. The van der Waals surface area contributed by atoms with E-state index in [1.807, 2.05) is 30.8 Å². The van der Waals surface area contributed by atoms with Gasteiger partial charge in [-0.2, -0.15) is 5.10 Å². The highest BCUT2D eigenvalue weighted by Crippen LogP contribution is 2.27. The van der Waals surface area contributed by atoms with Gasteiger partial charge in [-0.1, -0.05) is 25.9 Å². The van der Waals surface area contributed by atoms with Crippen molar-refractivity contribution in [3.8, 4) is 0 Å². The molecule has 3 aromatic rings. The van der Waals surface area contributed by atoms with Crippen LogP contribution in [0.25, 0.3) is 5.52 Å². The van der Waals surface area contributed by atoms with Crippen LogP contribution >= 0.6 is 0 Å². The van der Waals surface area contributed by atoms with Gasteiger partial charge in [0.25, 0.3) is 0 Å². The van der Waals surface area contributed by atoms with Crippen molar-refractivity contribution in [1.82, 2.24) is 24.7 Å². The molecule has 0 bridgehead atoms. The zero-order valence-electron chi connectivity index (χ0n) is 16.9. The first kappa shape index (κ1) is 18.0. The molecule has 0 N–H and O–H groups in total. The summed E-state index contributed by atoms with van der Waals surface area (Å²) >= 11 is 0. The molecule has 1 saturated heterocycles. The standard InChI is InChI=1S/C20H28N6O/c1-14-16(15(2)27-23-14)13-24-8-10-25(11-9-24)19-17-12-18(20(3,4)5)22-26(17)7-6-21-19/h6-7,12H,8-11,13H2,1-5H3. The third-order valence-electron chi connectivity index (χ3n) is 5.37. The Morgan fingerprint density at radius 3 is 2.48 bits per heavy atom. The maximum absolute atomic E-state index is 5.30. The van der Waals surface area contributed by atoms with Crippen LogP contribution in [0.3, 0.4) is 0 Å². The van der Waals surface area contributed by atoms with Crippen molar-refractivity contribution >= 4 is 11.3 Å². The smallest absolute Gasteiger partial charge is 0.154 e. The van der Waals surface area contributed by atoms with E-state index in [1.54, 1.807) is 0 Å². The van der Waals surface area contributed by atoms with Gasteiger partial charge in [-0.05, 0) is 19.9 Å². The van der Waals surface area contributed by atoms with E-state index in [4.69, 9.17) is 9.62 Å². The van der Waals surface area contributed by atoms with Gasteiger partial charge in [0.15, 0.2) is 5.82 Å². The molecule has 0 spiro atoms. The van der Waals surface area contributed by atoms with Crippen molar-refractivity contribution in [2.45, 2.75) is 46.6 Å². The monoisotopic (exact) mass is 368 g/mol. The first-order valence-corrected chi connectivity index (χ1v) is 9.57. The van der Waals surface area contributed by atoms with Gasteiger partial charge in [0, 0.05) is 56.1 Å². The highest BCUT2D eigenvalue weighted by atomic mass is 16.5. The van der Waals surface area contributed by atoms with Crippen LogP contribution in [-0.4, -0.2) is 50.8 Å². The molecule has 27 heavy (non-hydrogen) atoms. The molecule has 3 aromatic heterocycles. The average molecular weight is 368 g/mol. The van der Waals surface area contributed by atoms with Crippen molar-refractivity contribution in [2.24, 2.45) is 0 Å². The first-order valence-electron chi connectivity index (χ1n) is 9.57. The van der Waals surface area contributed by atoms with Crippen molar-refractivity contribution in [1.29, 1.82) is 0 Å². The second kappa shape index (κ2) is 6.64. The van der Waals surface area contributed by atoms with Crippen LogP contribution in [0.1, 0.15) is 43.5 Å². The summed E-state index contributed by atoms with van der Waals surface area (Å²) < 4.78 is 7.26. The highest BCUT2D eigenvalue weighted by Gasteiger charge is 2.24. The zero-order valence-corrected chi connectivity index (χ0v) is 16.9. The molecule has 4 rings (SSSR count). The summed E-state index contributed by atoms with van der Waals surface area (Å²) in [6.45, 7) is 15.4. The lowest BCUT2D eigenvalue weighted by molar-refractivity contribution is 0.247. The van der Waals surface area contributed by atoms with E-state index in [-0.39, 0.29) is 5.41 Å². The van der Waals surface area contributed by atoms with Crippen LogP contribution in [-0.2, 0) is 12.0 Å². The van der Waals surface area contributed by atoms with E-state index >= 15 is 0 Å². The number of aromatic nitrogens is 4. The molecule has 0 aromatic carbocycles. The Balaban J connectivity index is 1.50. The van der Waals surface area contributed by atoms with Crippen LogP contribution in [0.4, 0.5) is 5.82 Å². The Bertz CT molecular complexity index is 924. The number of rotatable bonds is 3. The molecular formula is C20H28N6O. The highest BCUT2D eigenvalue weighted by molar-refractivity contribution is 5.69. The molecule has 1 aliphatic rings. The van der Waals surface area contributed by atoms with Gasteiger partial charge in [-0.15, -0.1) is 0 Å². The van der Waals surface area contributed by atoms with E-state index in [0.717, 1.165) is 61.2 Å². The maximum atomic E-state index is 5.30. The van der Waals surface area contributed by atoms with E-state index in [1.165, 1.54) is 5.56 Å². The van der Waals surface area contributed by atoms with Gasteiger partial charge < -0.3 is 9.42 Å². The predicted octanol–water partition coefficient (Wildman–Crippen LogP) is 2.95. The van der Waals surface area contributed by atoms with Crippen molar-refractivity contribution in [2.75, 3.05) is 31.1 Å². The quantitative estimate of drug-likeness (QED) is 0.708. The van der Waals surface area contributed by atoms with Crippen LogP contribution in [0, 0.1) is 13.8 Å². The fourth-order valence-electron chi connectivity index (χ4n) is 3.59. The molecule has 0 radical (unpaired) electrons. The minimum absolute atomic E-state index is 0.0241. The Hall–Kier alpha value is -2.41. The molecule has 1 aliphatic heterocycles. The van der Waals surface area contributed by atoms with Gasteiger partial charge in [0.1, 0.15) is 11.3 Å². The topological polar surface area (TPSA) is 62.7 Å². The zero-order chi connectivity index (χ0) is 19.2. The number of piperazine rings is 1. The van der Waals surface area contributed by atoms with Crippen LogP contribution < -0.4 is 4.90 Å². The van der Waals surface area contributed by atoms with Gasteiger partial charge in [-0.3, -0.25) is 4.90 Å². The second-order valence-corrected chi connectivity index (χ2v) is 8.43. The fraction of sp³-hybridized carbons (Fsp3) is 0.550. The lowest BCUT2D eigenvalue weighted by Gasteiger charge is -2.35. The average Bonchev–Trinajstić information content (AvgIpc) is 3.21. The molecule has 0 saturated carbocycles. The van der Waals surface area contributed by atoms with Crippen molar-refractivity contribution in [3.05, 3.63) is 41.2 Å². The summed E-state index contributed by atoms with van der Waals surface area (Å²) in [5.74, 6) is 1.95. The Kier molecular flexibility index (Phi) is 4.42. The Labute approximate surface area is 160 Å². The summed E-state index contributed by atoms with van der Waals surface area (Å²) in [6, 6.07) is 2.18. The Morgan fingerprint density at radius 2 is 1.85 bits per heavy atom. The molecule has 144 valence electrons. The molecule has 1 fully saturated rings. The van der Waals surface area contributed by atoms with E-state index < -0.39 is 0 Å². The summed E-state index contributed by atoms with van der Waals surface area (Å²) in [5.41, 5.74) is 4.41. The van der Waals surface area contributed by atoms with E-state index in [9.17, 15) is 0 Å². The van der Waals surface area contributed by atoms with Gasteiger partial charge >= 0.3 is 0 Å². The largest absolute Gasteiger partial charge is 0.361 e. The van der Waals surface area contributed by atoms with Crippen LogP contribution in [0.5, 0.6) is 0 Å². The molecule has 0 atom stereocenters. The second-order valence-electron chi connectivity index (χ2n) is 8.43. The summed E-state index contributed by atoms with van der Waals surface area (Å²) in [4.78, 5) is 9.50. The number of hydrogen-bond acceptors (Lipinski definition) is 6. The van der Waals surface area contributed by atoms with Crippen molar-refractivity contribution < 1.29 is 4.52 Å². The summed E-state index contributed by atoms with van der Waals surface area (Å²) in [7, 11) is 0. The molecule has 0 amide bonds. The molecule has 0 aliphatic carbocycles. The number of anilines is 1. The maximum Gasteiger partial charge on any atom is 0.154 e. The molecule has 4 heterocycles.